The van der Waals surface area contributed by atoms with E-state index in [0.717, 1.165) is 16.9 Å². The van der Waals surface area contributed by atoms with Gasteiger partial charge in [-0.2, -0.15) is 9.78 Å². The van der Waals surface area contributed by atoms with E-state index in [1.54, 1.807) is 31.2 Å². The van der Waals surface area contributed by atoms with Crippen LogP contribution in [0.1, 0.15) is 57.2 Å². The smallest absolute Gasteiger partial charge is 0.347 e. The summed E-state index contributed by atoms with van der Waals surface area (Å²) < 4.78 is 17.5. The van der Waals surface area contributed by atoms with Crippen LogP contribution in [0.3, 0.4) is 0 Å². The summed E-state index contributed by atoms with van der Waals surface area (Å²) in [6.07, 6.45) is 0.302. The summed E-state index contributed by atoms with van der Waals surface area (Å²) in [7, 11) is 0. The Morgan fingerprint density at radius 1 is 1.07 bits per heavy atom. The van der Waals surface area contributed by atoms with Crippen molar-refractivity contribution in [2.75, 3.05) is 13.2 Å². The van der Waals surface area contributed by atoms with Crippen LogP contribution < -0.4 is 15.0 Å². The van der Waals surface area contributed by atoms with Crippen LogP contribution >= 0.6 is 0 Å². The van der Waals surface area contributed by atoms with E-state index in [1.165, 1.54) is 29.9 Å². The SMILES string of the molecule is CCOC(=O)[C@@H](C)Oc1ccc(C=Nn2c(-c3cc(C(C)C)c(OCC)cc3C)nc3ccccc3c2=O)cc1[N+](=O)[O-]. The second kappa shape index (κ2) is 13.3. The predicted octanol–water partition coefficient (Wildman–Crippen LogP) is 6.01. The summed E-state index contributed by atoms with van der Waals surface area (Å²) in [5.74, 6) is 0.490. The van der Waals surface area contributed by atoms with Gasteiger partial charge in [-0.3, -0.25) is 14.9 Å². The number of nitro benzene ring substituents is 1. The lowest BCUT2D eigenvalue weighted by Gasteiger charge is -2.18. The van der Waals surface area contributed by atoms with Gasteiger partial charge in [0.15, 0.2) is 17.7 Å². The first-order valence-electron chi connectivity index (χ1n) is 14.0. The number of nitro groups is 1. The van der Waals surface area contributed by atoms with Crippen LogP contribution in [0.4, 0.5) is 5.69 Å². The molecule has 0 unspecified atom stereocenters. The molecule has 1 atom stereocenters. The van der Waals surface area contributed by atoms with Gasteiger partial charge in [-0.05, 0) is 81.1 Å². The zero-order chi connectivity index (χ0) is 31.3. The highest BCUT2D eigenvalue weighted by Gasteiger charge is 2.23. The standard InChI is InChI=1S/C32H34N4O7/c1-7-41-29-15-20(5)25(17-24(29)19(3)4)30-34-26-12-10-9-11-23(26)31(37)35(30)33-18-22-13-14-28(27(16-22)36(39)40)43-21(6)32(38)42-8-2/h9-19,21H,7-8H2,1-6H3/t21-/m1/s1. The Bertz CT molecular complexity index is 1760. The van der Waals surface area contributed by atoms with Crippen LogP contribution in [-0.2, 0) is 9.53 Å². The highest BCUT2D eigenvalue weighted by atomic mass is 16.6. The molecule has 0 N–H and O–H groups in total. The number of para-hydroxylation sites is 1. The molecule has 1 heterocycles. The number of ether oxygens (including phenoxy) is 3. The van der Waals surface area contributed by atoms with Crippen molar-refractivity contribution in [3.05, 3.63) is 91.8 Å². The maximum atomic E-state index is 13.7. The largest absolute Gasteiger partial charge is 0.494 e. The van der Waals surface area contributed by atoms with Gasteiger partial charge in [0.1, 0.15) is 5.75 Å². The number of esters is 1. The minimum Gasteiger partial charge on any atom is -0.494 e. The minimum absolute atomic E-state index is 0.0980. The summed E-state index contributed by atoms with van der Waals surface area (Å²) in [6.45, 7) is 11.7. The van der Waals surface area contributed by atoms with E-state index < -0.39 is 22.6 Å². The summed E-state index contributed by atoms with van der Waals surface area (Å²) >= 11 is 0. The topological polar surface area (TPSA) is 135 Å². The lowest BCUT2D eigenvalue weighted by molar-refractivity contribution is -0.386. The fourth-order valence-corrected chi connectivity index (χ4v) is 4.56. The molecule has 0 amide bonds. The van der Waals surface area contributed by atoms with E-state index in [0.29, 0.717) is 34.5 Å². The average molecular weight is 587 g/mol. The van der Waals surface area contributed by atoms with Crippen molar-refractivity contribution in [2.24, 2.45) is 5.10 Å². The minimum atomic E-state index is -1.05. The van der Waals surface area contributed by atoms with Gasteiger partial charge >= 0.3 is 11.7 Å². The number of hydrogen-bond donors (Lipinski definition) is 0. The summed E-state index contributed by atoms with van der Waals surface area (Å²) in [5.41, 5.74) is 2.59. The Hall–Kier alpha value is -5.06. The maximum absolute atomic E-state index is 13.7. The second-order valence-electron chi connectivity index (χ2n) is 10.1. The van der Waals surface area contributed by atoms with Gasteiger partial charge in [-0.15, -0.1) is 0 Å². The molecule has 4 rings (SSSR count). The van der Waals surface area contributed by atoms with Gasteiger partial charge in [0.05, 0.1) is 35.3 Å². The molecular formula is C32H34N4O7. The molecule has 0 aliphatic heterocycles. The zero-order valence-corrected chi connectivity index (χ0v) is 25.0. The van der Waals surface area contributed by atoms with E-state index in [-0.39, 0.29) is 24.0 Å². The first kappa shape index (κ1) is 30.9. The number of rotatable bonds is 11. The van der Waals surface area contributed by atoms with Gasteiger partial charge < -0.3 is 14.2 Å². The Morgan fingerprint density at radius 2 is 1.81 bits per heavy atom. The molecule has 43 heavy (non-hydrogen) atoms. The molecule has 4 aromatic rings. The van der Waals surface area contributed by atoms with E-state index in [2.05, 4.69) is 18.9 Å². The first-order valence-corrected chi connectivity index (χ1v) is 14.0. The number of nitrogens with zero attached hydrogens (tertiary/aromatic N) is 4. The van der Waals surface area contributed by atoms with Gasteiger partial charge in [-0.25, -0.2) is 9.78 Å². The van der Waals surface area contributed by atoms with Crippen LogP contribution in [0.15, 0.2) is 64.5 Å². The summed E-state index contributed by atoms with van der Waals surface area (Å²) in [5, 5.41) is 16.7. The molecule has 0 saturated heterocycles. The average Bonchev–Trinajstić information content (AvgIpc) is 2.97. The highest BCUT2D eigenvalue weighted by Crippen LogP contribution is 2.34. The summed E-state index contributed by atoms with van der Waals surface area (Å²) in [6, 6.07) is 15.1. The summed E-state index contributed by atoms with van der Waals surface area (Å²) in [4.78, 5) is 41.8. The lowest BCUT2D eigenvalue weighted by atomic mass is 9.96. The van der Waals surface area contributed by atoms with Gasteiger partial charge in [0, 0.05) is 17.2 Å². The molecule has 0 saturated carbocycles. The molecule has 3 aromatic carbocycles. The highest BCUT2D eigenvalue weighted by molar-refractivity contribution is 5.83. The molecule has 11 nitrogen and oxygen atoms in total. The number of aromatic nitrogens is 2. The van der Waals surface area contributed by atoms with Crippen molar-refractivity contribution in [3.8, 4) is 22.9 Å². The van der Waals surface area contributed by atoms with Crippen molar-refractivity contribution in [3.63, 3.8) is 0 Å². The number of benzene rings is 3. The molecule has 0 spiro atoms. The van der Waals surface area contributed by atoms with Crippen molar-refractivity contribution >= 4 is 28.8 Å². The van der Waals surface area contributed by atoms with Gasteiger partial charge in [0.25, 0.3) is 5.56 Å². The lowest BCUT2D eigenvalue weighted by Crippen LogP contribution is -2.26. The third-order valence-corrected chi connectivity index (χ3v) is 6.70. The molecule has 11 heteroatoms. The molecule has 1 aromatic heterocycles. The Kier molecular flexibility index (Phi) is 9.54. The van der Waals surface area contributed by atoms with E-state index in [4.69, 9.17) is 19.2 Å². The fourth-order valence-electron chi connectivity index (χ4n) is 4.56. The van der Waals surface area contributed by atoms with Crippen LogP contribution in [0.2, 0.25) is 0 Å². The maximum Gasteiger partial charge on any atom is 0.347 e. The van der Waals surface area contributed by atoms with Crippen LogP contribution in [-0.4, -0.2) is 46.1 Å². The molecule has 0 aliphatic rings. The Balaban J connectivity index is 1.84. The van der Waals surface area contributed by atoms with E-state index in [9.17, 15) is 19.7 Å². The number of hydrogen-bond acceptors (Lipinski definition) is 9. The third kappa shape index (κ3) is 6.72. The number of aryl methyl sites for hydroxylation is 1. The van der Waals surface area contributed by atoms with Crippen molar-refractivity contribution in [1.29, 1.82) is 0 Å². The quantitative estimate of drug-likeness (QED) is 0.0902. The monoisotopic (exact) mass is 586 g/mol. The number of carbonyl (C=O) groups excluding carboxylic acids is 1. The molecular weight excluding hydrogens is 552 g/mol. The fraction of sp³-hybridized carbons (Fsp3) is 0.312. The predicted molar refractivity (Wildman–Crippen MR) is 164 cm³/mol. The van der Waals surface area contributed by atoms with Gasteiger partial charge in [-0.1, -0.05) is 26.0 Å². The normalized spacial score (nSPS) is 12.1. The van der Waals surface area contributed by atoms with Crippen molar-refractivity contribution in [1.82, 2.24) is 9.66 Å². The van der Waals surface area contributed by atoms with Crippen molar-refractivity contribution in [2.45, 2.75) is 53.6 Å². The first-order chi connectivity index (χ1) is 20.5. The van der Waals surface area contributed by atoms with E-state index >= 15 is 0 Å². The van der Waals surface area contributed by atoms with Crippen molar-refractivity contribution < 1.29 is 23.9 Å². The van der Waals surface area contributed by atoms with Crippen LogP contribution in [0.25, 0.3) is 22.3 Å². The van der Waals surface area contributed by atoms with E-state index in [1.807, 2.05) is 32.0 Å². The Morgan fingerprint density at radius 3 is 2.49 bits per heavy atom. The number of carbonyl (C=O) groups is 1. The molecule has 0 aliphatic carbocycles. The molecule has 0 bridgehead atoms. The second-order valence-corrected chi connectivity index (χ2v) is 10.1. The molecule has 0 radical (unpaired) electrons. The van der Waals surface area contributed by atoms with Crippen LogP contribution in [0.5, 0.6) is 11.5 Å². The van der Waals surface area contributed by atoms with Gasteiger partial charge in [0.2, 0.25) is 0 Å². The van der Waals surface area contributed by atoms with Crippen LogP contribution in [0, 0.1) is 17.0 Å². The Labute approximate surface area is 248 Å². The molecule has 224 valence electrons. The zero-order valence-electron chi connectivity index (χ0n) is 25.0. The third-order valence-electron chi connectivity index (χ3n) is 6.70. The number of fused-ring (bicyclic) bond motifs is 1. The molecule has 0 fully saturated rings.